The van der Waals surface area contributed by atoms with Crippen LogP contribution in [0.1, 0.15) is 40.7 Å². The summed E-state index contributed by atoms with van der Waals surface area (Å²) in [5, 5.41) is 10.6. The van der Waals surface area contributed by atoms with Crippen molar-refractivity contribution in [3.8, 4) is 11.6 Å². The molecule has 0 radical (unpaired) electrons. The molecular weight excluding hydrogens is 416 g/mol. The lowest BCUT2D eigenvalue weighted by molar-refractivity contribution is 0.0701. The predicted molar refractivity (Wildman–Crippen MR) is 123 cm³/mol. The number of piperidine rings is 1. The van der Waals surface area contributed by atoms with E-state index in [-0.39, 0.29) is 11.8 Å². The van der Waals surface area contributed by atoms with Crippen LogP contribution in [0.5, 0.6) is 0 Å². The van der Waals surface area contributed by atoms with Gasteiger partial charge in [0.1, 0.15) is 17.0 Å². The fourth-order valence-electron chi connectivity index (χ4n) is 4.46. The molecule has 8 nitrogen and oxygen atoms in total. The highest BCUT2D eigenvalue weighted by Crippen LogP contribution is 2.31. The molecule has 4 aromatic heterocycles. The van der Waals surface area contributed by atoms with Gasteiger partial charge in [-0.25, -0.2) is 4.98 Å². The van der Waals surface area contributed by atoms with E-state index in [4.69, 9.17) is 4.42 Å². The van der Waals surface area contributed by atoms with E-state index >= 15 is 0 Å². The van der Waals surface area contributed by atoms with Crippen LogP contribution in [-0.4, -0.2) is 48.5 Å². The van der Waals surface area contributed by atoms with Crippen LogP contribution in [0.25, 0.3) is 28.0 Å². The zero-order valence-corrected chi connectivity index (χ0v) is 18.2. The van der Waals surface area contributed by atoms with Gasteiger partial charge in [0.2, 0.25) is 5.89 Å². The first-order chi connectivity index (χ1) is 16.2. The van der Waals surface area contributed by atoms with E-state index in [9.17, 15) is 4.79 Å². The Kier molecular flexibility index (Phi) is 4.64. The maximum atomic E-state index is 13.0. The number of likely N-dealkylation sites (tertiary alicyclic amines) is 1. The molecule has 0 aliphatic carbocycles. The van der Waals surface area contributed by atoms with Crippen molar-refractivity contribution in [1.82, 2.24) is 29.5 Å². The number of hydrogen-bond acceptors (Lipinski definition) is 6. The van der Waals surface area contributed by atoms with Gasteiger partial charge in [-0.15, -0.1) is 10.2 Å². The summed E-state index contributed by atoms with van der Waals surface area (Å²) < 4.78 is 7.93. The molecule has 0 bridgehead atoms. The molecule has 5 aromatic rings. The molecule has 5 heterocycles. The minimum absolute atomic E-state index is 0.0408. The monoisotopic (exact) mass is 438 g/mol. The Bertz CT molecular complexity index is 1470. The van der Waals surface area contributed by atoms with Crippen molar-refractivity contribution in [3.63, 3.8) is 0 Å². The van der Waals surface area contributed by atoms with E-state index in [0.29, 0.717) is 36.3 Å². The molecule has 1 fully saturated rings. The van der Waals surface area contributed by atoms with Crippen LogP contribution in [0.2, 0.25) is 0 Å². The summed E-state index contributed by atoms with van der Waals surface area (Å²) >= 11 is 0. The van der Waals surface area contributed by atoms with Gasteiger partial charge in [0.15, 0.2) is 0 Å². The number of rotatable bonds is 3. The second-order valence-corrected chi connectivity index (χ2v) is 8.49. The van der Waals surface area contributed by atoms with E-state index in [0.717, 1.165) is 34.8 Å². The van der Waals surface area contributed by atoms with Crippen molar-refractivity contribution < 1.29 is 9.21 Å². The third kappa shape index (κ3) is 3.53. The van der Waals surface area contributed by atoms with Gasteiger partial charge in [-0.3, -0.25) is 9.78 Å². The summed E-state index contributed by atoms with van der Waals surface area (Å²) in [5.74, 6) is 1.12. The molecule has 1 amide bonds. The summed E-state index contributed by atoms with van der Waals surface area (Å²) in [5.41, 5.74) is 3.07. The van der Waals surface area contributed by atoms with Crippen molar-refractivity contribution in [3.05, 3.63) is 78.2 Å². The number of imidazole rings is 1. The first kappa shape index (κ1) is 19.6. The number of nitrogens with zero attached hydrogens (tertiary/aromatic N) is 6. The second-order valence-electron chi connectivity index (χ2n) is 8.49. The molecule has 1 aromatic carbocycles. The van der Waals surface area contributed by atoms with E-state index in [1.54, 1.807) is 12.4 Å². The molecule has 33 heavy (non-hydrogen) atoms. The summed E-state index contributed by atoms with van der Waals surface area (Å²) in [6.45, 7) is 3.27. The van der Waals surface area contributed by atoms with E-state index in [2.05, 4.69) is 20.2 Å². The van der Waals surface area contributed by atoms with Gasteiger partial charge in [0, 0.05) is 43.0 Å². The predicted octanol–water partition coefficient (Wildman–Crippen LogP) is 4.26. The standard InChI is InChI=1S/C25H22N6O2/c1-16-7-11-31-15-20(27-21(31)14-16)25(32)30-12-8-18(9-13-30)23-28-29-24(33-23)22-19-5-3-2-4-17(19)6-10-26-22/h2-7,10-11,14-15,18H,8-9,12-13H2,1H3. The molecule has 8 heteroatoms. The highest BCUT2D eigenvalue weighted by Gasteiger charge is 2.29. The van der Waals surface area contributed by atoms with Crippen LogP contribution in [0.15, 0.2) is 65.5 Å². The van der Waals surface area contributed by atoms with Crippen LogP contribution in [-0.2, 0) is 0 Å². The maximum absolute atomic E-state index is 13.0. The third-order valence-electron chi connectivity index (χ3n) is 6.28. The summed E-state index contributed by atoms with van der Waals surface area (Å²) in [6.07, 6.45) is 7.02. The first-order valence-corrected chi connectivity index (χ1v) is 11.1. The van der Waals surface area contributed by atoms with Crippen molar-refractivity contribution in [1.29, 1.82) is 0 Å². The molecule has 1 saturated heterocycles. The lowest BCUT2D eigenvalue weighted by atomic mass is 9.96. The molecule has 6 rings (SSSR count). The number of benzene rings is 1. The highest BCUT2D eigenvalue weighted by atomic mass is 16.4. The average Bonchev–Trinajstić information content (AvgIpc) is 3.51. The fraction of sp³-hybridized carbons (Fsp3) is 0.240. The highest BCUT2D eigenvalue weighted by molar-refractivity contribution is 5.93. The molecule has 1 aliphatic rings. The average molecular weight is 438 g/mol. The zero-order valence-electron chi connectivity index (χ0n) is 18.2. The van der Waals surface area contributed by atoms with Crippen LogP contribution in [0, 0.1) is 6.92 Å². The number of fused-ring (bicyclic) bond motifs is 2. The third-order valence-corrected chi connectivity index (χ3v) is 6.28. The largest absolute Gasteiger partial charge is 0.419 e. The fourth-order valence-corrected chi connectivity index (χ4v) is 4.46. The SMILES string of the molecule is Cc1ccn2cc(C(=O)N3CCC(c4nnc(-c5nccc6ccccc56)o4)CC3)nc2c1. The molecule has 0 unspecified atom stereocenters. The van der Waals surface area contributed by atoms with Gasteiger partial charge in [-0.2, -0.15) is 0 Å². The molecular formula is C25H22N6O2. The Balaban J connectivity index is 1.17. The minimum atomic E-state index is -0.0408. The Morgan fingerprint density at radius 2 is 1.94 bits per heavy atom. The van der Waals surface area contributed by atoms with Crippen LogP contribution in [0.3, 0.4) is 0 Å². The van der Waals surface area contributed by atoms with Gasteiger partial charge < -0.3 is 13.7 Å². The molecule has 1 aliphatic heterocycles. The smallest absolute Gasteiger partial charge is 0.274 e. The van der Waals surface area contributed by atoms with E-state index < -0.39 is 0 Å². The zero-order chi connectivity index (χ0) is 22.4. The van der Waals surface area contributed by atoms with Gasteiger partial charge in [0.05, 0.1) is 0 Å². The number of aryl methyl sites for hydroxylation is 1. The van der Waals surface area contributed by atoms with E-state index in [1.165, 1.54) is 0 Å². The van der Waals surface area contributed by atoms with Gasteiger partial charge >= 0.3 is 0 Å². The number of hydrogen-bond donors (Lipinski definition) is 0. The molecule has 0 spiro atoms. The minimum Gasteiger partial charge on any atom is -0.419 e. The Morgan fingerprint density at radius 3 is 2.82 bits per heavy atom. The topological polar surface area (TPSA) is 89.4 Å². The van der Waals surface area contributed by atoms with Crippen molar-refractivity contribution in [2.45, 2.75) is 25.7 Å². The Hall–Kier alpha value is -4.07. The second kappa shape index (κ2) is 7.81. The Morgan fingerprint density at radius 1 is 1.09 bits per heavy atom. The number of pyridine rings is 2. The van der Waals surface area contributed by atoms with Crippen LogP contribution < -0.4 is 0 Å². The molecule has 0 saturated carbocycles. The lowest BCUT2D eigenvalue weighted by Crippen LogP contribution is -2.38. The van der Waals surface area contributed by atoms with Crippen molar-refractivity contribution in [2.24, 2.45) is 0 Å². The van der Waals surface area contributed by atoms with Gasteiger partial charge in [-0.1, -0.05) is 24.3 Å². The molecule has 0 N–H and O–H groups in total. The normalized spacial score (nSPS) is 14.9. The van der Waals surface area contributed by atoms with Crippen molar-refractivity contribution >= 4 is 22.3 Å². The first-order valence-electron chi connectivity index (χ1n) is 11.1. The van der Waals surface area contributed by atoms with Gasteiger partial charge in [-0.05, 0) is 48.9 Å². The number of carbonyl (C=O) groups excluding carboxylic acids is 1. The number of aromatic nitrogens is 5. The van der Waals surface area contributed by atoms with Crippen LogP contribution in [0.4, 0.5) is 0 Å². The molecule has 0 atom stereocenters. The molecule has 164 valence electrons. The maximum Gasteiger partial charge on any atom is 0.274 e. The van der Waals surface area contributed by atoms with Gasteiger partial charge in [0.25, 0.3) is 11.8 Å². The summed E-state index contributed by atoms with van der Waals surface area (Å²) in [7, 11) is 0. The van der Waals surface area contributed by atoms with Crippen LogP contribution >= 0.6 is 0 Å². The quantitative estimate of drug-likeness (QED) is 0.418. The Labute approximate surface area is 189 Å². The number of amides is 1. The summed E-state index contributed by atoms with van der Waals surface area (Å²) in [4.78, 5) is 23.8. The summed E-state index contributed by atoms with van der Waals surface area (Å²) in [6, 6.07) is 13.9. The number of carbonyl (C=O) groups is 1. The van der Waals surface area contributed by atoms with E-state index in [1.807, 2.05) is 64.9 Å². The lowest BCUT2D eigenvalue weighted by Gasteiger charge is -2.29. The van der Waals surface area contributed by atoms with Crippen molar-refractivity contribution in [2.75, 3.05) is 13.1 Å².